The lowest BCUT2D eigenvalue weighted by atomic mass is 10.2. The van der Waals surface area contributed by atoms with Crippen LogP contribution < -0.4 is 10.0 Å². The summed E-state index contributed by atoms with van der Waals surface area (Å²) in [5.74, 6) is -1.03. The first kappa shape index (κ1) is 17.2. The summed E-state index contributed by atoms with van der Waals surface area (Å²) in [5.41, 5.74) is 6.18. The predicted molar refractivity (Wildman–Crippen MR) is 80.9 cm³/mol. The quantitative estimate of drug-likeness (QED) is 0.314. The van der Waals surface area contributed by atoms with E-state index in [1.807, 2.05) is 0 Å². The van der Waals surface area contributed by atoms with Crippen molar-refractivity contribution in [3.8, 4) is 0 Å². The van der Waals surface area contributed by atoms with Crippen molar-refractivity contribution in [1.82, 2.24) is 0 Å². The average molecular weight is 335 g/mol. The molecule has 1 aromatic rings. The smallest absolute Gasteiger partial charge is 0.235 e. The van der Waals surface area contributed by atoms with Crippen LogP contribution in [-0.2, 0) is 19.9 Å². The first-order valence-electron chi connectivity index (χ1n) is 5.79. The van der Waals surface area contributed by atoms with Crippen molar-refractivity contribution in [2.75, 3.05) is 29.1 Å². The van der Waals surface area contributed by atoms with Gasteiger partial charge in [0, 0.05) is 18.9 Å². The first-order valence-corrected chi connectivity index (χ1v) is 9.46. The van der Waals surface area contributed by atoms with E-state index in [9.17, 15) is 16.8 Å². The summed E-state index contributed by atoms with van der Waals surface area (Å²) in [7, 11) is -5.77. The van der Waals surface area contributed by atoms with Gasteiger partial charge in [-0.15, -0.1) is 0 Å². The normalized spacial score (nSPS) is 13.1. The summed E-state index contributed by atoms with van der Waals surface area (Å²) in [5, 5.41) is 11.4. The Morgan fingerprint density at radius 3 is 2.14 bits per heavy atom. The molecule has 3 N–H and O–H groups in total. The Bertz CT molecular complexity index is 724. The van der Waals surface area contributed by atoms with E-state index in [0.29, 0.717) is 11.3 Å². The number of amidine groups is 1. The van der Waals surface area contributed by atoms with Gasteiger partial charge in [-0.2, -0.15) is 0 Å². The lowest BCUT2D eigenvalue weighted by Crippen LogP contribution is -2.31. The molecule has 21 heavy (non-hydrogen) atoms. The van der Waals surface area contributed by atoms with Gasteiger partial charge in [0.25, 0.3) is 0 Å². The van der Waals surface area contributed by atoms with Crippen LogP contribution in [0.1, 0.15) is 5.56 Å². The molecule has 0 radical (unpaired) electrons. The summed E-state index contributed by atoms with van der Waals surface area (Å²) >= 11 is 0. The maximum atomic E-state index is 12.0. The van der Waals surface area contributed by atoms with Crippen molar-refractivity contribution >= 4 is 31.4 Å². The highest BCUT2D eigenvalue weighted by Crippen LogP contribution is 2.17. The number of sulfonamides is 1. The summed E-state index contributed by atoms with van der Waals surface area (Å²) in [4.78, 5) is 0. The van der Waals surface area contributed by atoms with Crippen molar-refractivity contribution in [3.63, 3.8) is 0 Å². The largest absolute Gasteiger partial charge is 0.409 e. The second-order valence-electron chi connectivity index (χ2n) is 4.45. The molecule has 0 atom stereocenters. The SMILES string of the molecule is CN(c1ccc(C(N)=NO)cc1)S(=O)(=O)CCS(C)(=O)=O. The Kier molecular flexibility index (Phi) is 5.18. The van der Waals surface area contributed by atoms with Crippen molar-refractivity contribution in [3.05, 3.63) is 29.8 Å². The van der Waals surface area contributed by atoms with Crippen LogP contribution >= 0.6 is 0 Å². The van der Waals surface area contributed by atoms with E-state index < -0.39 is 31.4 Å². The second kappa shape index (κ2) is 6.31. The number of benzene rings is 1. The van der Waals surface area contributed by atoms with Crippen LogP contribution in [0, 0.1) is 0 Å². The molecule has 0 aliphatic heterocycles. The lowest BCUT2D eigenvalue weighted by molar-refractivity contribution is 0.318. The molecule has 0 heterocycles. The molecule has 0 fully saturated rings. The van der Waals surface area contributed by atoms with E-state index in [0.717, 1.165) is 10.6 Å². The molecule has 1 rings (SSSR count). The molecule has 0 spiro atoms. The van der Waals surface area contributed by atoms with Crippen molar-refractivity contribution in [2.24, 2.45) is 10.9 Å². The third kappa shape index (κ3) is 4.90. The molecule has 1 aromatic carbocycles. The topological polar surface area (TPSA) is 130 Å². The molecule has 0 saturated heterocycles. The van der Waals surface area contributed by atoms with Crippen LogP contribution in [0.25, 0.3) is 0 Å². The van der Waals surface area contributed by atoms with E-state index in [-0.39, 0.29) is 5.84 Å². The number of nitrogens with zero attached hydrogens (tertiary/aromatic N) is 2. The summed E-state index contributed by atoms with van der Waals surface area (Å²) in [6, 6.07) is 5.94. The Morgan fingerprint density at radius 2 is 1.71 bits per heavy atom. The van der Waals surface area contributed by atoms with Gasteiger partial charge >= 0.3 is 0 Å². The van der Waals surface area contributed by atoms with Gasteiger partial charge in [0.15, 0.2) is 5.84 Å². The van der Waals surface area contributed by atoms with Gasteiger partial charge in [-0.3, -0.25) is 4.31 Å². The Hall–Kier alpha value is -1.81. The molecule has 0 bridgehead atoms. The Morgan fingerprint density at radius 1 is 1.19 bits per heavy atom. The number of nitrogens with two attached hydrogens (primary N) is 1. The van der Waals surface area contributed by atoms with E-state index in [4.69, 9.17) is 10.9 Å². The number of oxime groups is 1. The molecule has 8 nitrogen and oxygen atoms in total. The molecule has 0 aliphatic rings. The minimum absolute atomic E-state index is 0.0934. The molecule has 0 aliphatic carbocycles. The van der Waals surface area contributed by atoms with Gasteiger partial charge in [-0.25, -0.2) is 16.8 Å². The molecule has 0 amide bonds. The molecule has 118 valence electrons. The van der Waals surface area contributed by atoms with E-state index in [2.05, 4.69) is 5.16 Å². The van der Waals surface area contributed by atoms with Crippen LogP contribution in [0.15, 0.2) is 29.4 Å². The van der Waals surface area contributed by atoms with Crippen molar-refractivity contribution in [1.29, 1.82) is 0 Å². The Balaban J connectivity index is 2.95. The van der Waals surface area contributed by atoms with Crippen LogP contribution in [0.3, 0.4) is 0 Å². The van der Waals surface area contributed by atoms with Gasteiger partial charge in [-0.1, -0.05) is 5.16 Å². The van der Waals surface area contributed by atoms with Crippen LogP contribution in [0.2, 0.25) is 0 Å². The highest BCUT2D eigenvalue weighted by molar-refractivity contribution is 7.95. The number of sulfone groups is 1. The van der Waals surface area contributed by atoms with Crippen molar-refractivity contribution < 1.29 is 22.0 Å². The fraction of sp³-hybridized carbons (Fsp3) is 0.364. The van der Waals surface area contributed by atoms with Gasteiger partial charge in [0.05, 0.1) is 17.2 Å². The third-order valence-electron chi connectivity index (χ3n) is 2.76. The molecular formula is C11H17N3O5S2. The van der Waals surface area contributed by atoms with E-state index in [1.54, 1.807) is 0 Å². The molecular weight excluding hydrogens is 318 g/mol. The van der Waals surface area contributed by atoms with Gasteiger partial charge in [0.1, 0.15) is 9.84 Å². The zero-order valence-corrected chi connectivity index (χ0v) is 13.2. The zero-order valence-electron chi connectivity index (χ0n) is 11.6. The zero-order chi connectivity index (χ0) is 16.3. The highest BCUT2D eigenvalue weighted by Gasteiger charge is 2.20. The van der Waals surface area contributed by atoms with E-state index in [1.165, 1.54) is 31.3 Å². The number of hydrogen-bond donors (Lipinski definition) is 2. The second-order valence-corrected chi connectivity index (χ2v) is 8.83. The third-order valence-corrected chi connectivity index (χ3v) is 5.73. The first-order chi connectivity index (χ1) is 9.57. The lowest BCUT2D eigenvalue weighted by Gasteiger charge is -2.19. The monoisotopic (exact) mass is 335 g/mol. The Labute approximate surface area is 123 Å². The summed E-state index contributed by atoms with van der Waals surface area (Å²) < 4.78 is 47.2. The fourth-order valence-corrected chi connectivity index (χ4v) is 4.22. The summed E-state index contributed by atoms with van der Waals surface area (Å²) in [6.07, 6.45) is 0.980. The molecule has 0 saturated carbocycles. The number of rotatable bonds is 6. The fourth-order valence-electron chi connectivity index (χ4n) is 1.45. The number of hydrogen-bond acceptors (Lipinski definition) is 6. The highest BCUT2D eigenvalue weighted by atomic mass is 32.2. The predicted octanol–water partition coefficient (Wildman–Crippen LogP) is -0.408. The van der Waals surface area contributed by atoms with Gasteiger partial charge in [0.2, 0.25) is 10.0 Å². The average Bonchev–Trinajstić information content (AvgIpc) is 2.43. The van der Waals surface area contributed by atoms with Gasteiger partial charge < -0.3 is 10.9 Å². The minimum Gasteiger partial charge on any atom is -0.409 e. The standard InChI is InChI=1S/C11H17N3O5S2/c1-14(21(18,19)8-7-20(2,16)17)10-5-3-9(4-6-10)11(12)13-15/h3-6,15H,7-8H2,1-2H3,(H2,12,13). The van der Waals surface area contributed by atoms with Crippen LogP contribution in [0.5, 0.6) is 0 Å². The molecule has 0 aromatic heterocycles. The van der Waals surface area contributed by atoms with E-state index >= 15 is 0 Å². The van der Waals surface area contributed by atoms with Crippen LogP contribution in [-0.4, -0.2) is 52.7 Å². The maximum Gasteiger partial charge on any atom is 0.235 e. The molecule has 0 unspecified atom stereocenters. The summed E-state index contributed by atoms with van der Waals surface area (Å²) in [6.45, 7) is 0. The number of anilines is 1. The van der Waals surface area contributed by atoms with Gasteiger partial charge in [-0.05, 0) is 24.3 Å². The minimum atomic E-state index is -3.74. The maximum absolute atomic E-state index is 12.0. The van der Waals surface area contributed by atoms with Crippen LogP contribution in [0.4, 0.5) is 5.69 Å². The molecule has 10 heteroatoms. The van der Waals surface area contributed by atoms with Crippen molar-refractivity contribution in [2.45, 2.75) is 0 Å².